The van der Waals surface area contributed by atoms with E-state index in [4.69, 9.17) is 4.74 Å². The fourth-order valence-electron chi connectivity index (χ4n) is 5.57. The van der Waals surface area contributed by atoms with Crippen molar-refractivity contribution >= 4 is 32.9 Å². The third-order valence-electron chi connectivity index (χ3n) is 7.94. The number of nitrogens with zero attached hydrogens (tertiary/aromatic N) is 4. The maximum atomic E-state index is 13.0. The van der Waals surface area contributed by atoms with Gasteiger partial charge in [0, 0.05) is 19.0 Å². The van der Waals surface area contributed by atoms with Crippen molar-refractivity contribution in [3.8, 4) is 0 Å². The molecule has 5 aromatic rings. The molecular weight excluding hydrogens is 622 g/mol. The van der Waals surface area contributed by atoms with E-state index in [1.54, 1.807) is 25.1 Å². The summed E-state index contributed by atoms with van der Waals surface area (Å²) in [6.07, 6.45) is -4.12. The van der Waals surface area contributed by atoms with Crippen molar-refractivity contribution in [2.75, 3.05) is 18.4 Å². The number of anilines is 1. The fourth-order valence-corrected chi connectivity index (χ4v) is 6.57. The van der Waals surface area contributed by atoms with Gasteiger partial charge in [-0.05, 0) is 30.2 Å². The third kappa shape index (κ3) is 6.87. The molecule has 3 heterocycles. The van der Waals surface area contributed by atoms with Crippen LogP contribution in [0.3, 0.4) is 0 Å². The molecule has 0 unspecified atom stereocenters. The van der Waals surface area contributed by atoms with Crippen LogP contribution in [0.25, 0.3) is 11.2 Å². The van der Waals surface area contributed by atoms with Crippen LogP contribution in [0.2, 0.25) is 0 Å². The van der Waals surface area contributed by atoms with Gasteiger partial charge in [0.2, 0.25) is 10.0 Å². The molecule has 0 spiro atoms. The van der Waals surface area contributed by atoms with Crippen molar-refractivity contribution in [2.45, 2.75) is 48.8 Å². The summed E-state index contributed by atoms with van der Waals surface area (Å²) < 4.78 is 35.8. The van der Waals surface area contributed by atoms with Crippen LogP contribution < -0.4 is 15.4 Å². The predicted molar refractivity (Wildman–Crippen MR) is 174 cm³/mol. The van der Waals surface area contributed by atoms with Crippen molar-refractivity contribution in [1.82, 2.24) is 29.6 Å². The van der Waals surface area contributed by atoms with Crippen LogP contribution in [-0.2, 0) is 26.1 Å². The van der Waals surface area contributed by atoms with Crippen LogP contribution in [0.1, 0.15) is 36.0 Å². The number of hydrogen-bond acceptors (Lipinski definition) is 10. The van der Waals surface area contributed by atoms with Crippen LogP contribution in [0.5, 0.6) is 0 Å². The number of carbonyl (C=O) groups excluding carboxylic acids is 1. The molecule has 0 saturated carbocycles. The van der Waals surface area contributed by atoms with Gasteiger partial charge in [0.1, 0.15) is 18.0 Å². The summed E-state index contributed by atoms with van der Waals surface area (Å²) in [6, 6.07) is 27.9. The Morgan fingerprint density at radius 2 is 1.53 bits per heavy atom. The van der Waals surface area contributed by atoms with E-state index in [-0.39, 0.29) is 28.8 Å². The Bertz CT molecular complexity index is 1890. The highest BCUT2D eigenvalue weighted by molar-refractivity contribution is 7.89. The van der Waals surface area contributed by atoms with Crippen LogP contribution >= 0.6 is 0 Å². The summed E-state index contributed by atoms with van der Waals surface area (Å²) in [5, 5.41) is 27.6. The lowest BCUT2D eigenvalue weighted by Crippen LogP contribution is -2.42. The van der Waals surface area contributed by atoms with Gasteiger partial charge in [0.15, 0.2) is 29.3 Å². The number of aliphatic hydroxyl groups excluding tert-OH is 2. The number of aromatic nitrogens is 4. The van der Waals surface area contributed by atoms with Gasteiger partial charge in [-0.3, -0.25) is 9.36 Å². The molecule has 0 bridgehead atoms. The monoisotopic (exact) mass is 657 g/mol. The maximum Gasteiger partial charge on any atom is 0.252 e. The first kappa shape index (κ1) is 32.2. The molecule has 4 atom stereocenters. The number of hydrogen-bond donors (Lipinski definition) is 5. The average Bonchev–Trinajstić information content (AvgIpc) is 3.65. The zero-order chi connectivity index (χ0) is 33.0. The SMILES string of the molecule is CCNC(=O)[C@@H]1O[C@@H](n2cnc3c(NCC(c4ccccc4)c4ccccc4)nc(CNS(=O)(=O)c4ccccc4)nc32)[C@H](O)[C@H]1O. The fraction of sp³-hybridized carbons (Fsp3) is 0.273. The second-order valence-corrected chi connectivity index (χ2v) is 12.8. The number of sulfonamides is 1. The minimum atomic E-state index is -3.89. The number of amides is 1. The van der Waals surface area contributed by atoms with Gasteiger partial charge in [0.05, 0.1) is 17.8 Å². The molecule has 5 N–H and O–H groups in total. The number of fused-ring (bicyclic) bond motifs is 1. The number of nitrogens with one attached hydrogen (secondary N) is 3. The van der Waals surface area contributed by atoms with E-state index in [0.29, 0.717) is 24.4 Å². The first-order valence-electron chi connectivity index (χ1n) is 15.2. The summed E-state index contributed by atoms with van der Waals surface area (Å²) >= 11 is 0. The van der Waals surface area contributed by atoms with Crippen LogP contribution in [0, 0.1) is 0 Å². The Balaban J connectivity index is 1.36. The quantitative estimate of drug-likeness (QED) is 0.134. The Morgan fingerprint density at radius 3 is 2.15 bits per heavy atom. The van der Waals surface area contributed by atoms with Gasteiger partial charge in [-0.15, -0.1) is 0 Å². The molecular formula is C33H35N7O6S. The maximum absolute atomic E-state index is 13.0. The second kappa shape index (κ2) is 13.9. The second-order valence-electron chi connectivity index (χ2n) is 11.0. The van der Waals surface area contributed by atoms with Crippen LogP contribution in [0.15, 0.2) is 102 Å². The van der Waals surface area contributed by atoms with Crippen molar-refractivity contribution in [2.24, 2.45) is 0 Å². The van der Waals surface area contributed by atoms with Gasteiger partial charge >= 0.3 is 0 Å². The van der Waals surface area contributed by atoms with Crippen LogP contribution in [-0.4, -0.2) is 75.5 Å². The Kier molecular flexibility index (Phi) is 9.56. The number of aliphatic hydroxyl groups is 2. The molecule has 0 radical (unpaired) electrons. The number of rotatable bonds is 12. The number of likely N-dealkylation sites (N-methyl/N-ethyl adjacent to an activating group) is 1. The molecule has 1 fully saturated rings. The van der Waals surface area contributed by atoms with E-state index in [1.165, 1.54) is 23.0 Å². The Labute approximate surface area is 271 Å². The van der Waals surface area contributed by atoms with E-state index in [1.807, 2.05) is 60.7 Å². The summed E-state index contributed by atoms with van der Waals surface area (Å²) in [7, 11) is -3.89. The molecule has 1 saturated heterocycles. The van der Waals surface area contributed by atoms with Gasteiger partial charge < -0.3 is 25.6 Å². The summed E-state index contributed by atoms with van der Waals surface area (Å²) in [5.41, 5.74) is 2.68. The average molecular weight is 658 g/mol. The lowest BCUT2D eigenvalue weighted by molar-refractivity contribution is -0.137. The molecule has 1 amide bonds. The van der Waals surface area contributed by atoms with E-state index in [2.05, 4.69) is 30.3 Å². The van der Waals surface area contributed by atoms with E-state index >= 15 is 0 Å². The Morgan fingerprint density at radius 1 is 0.915 bits per heavy atom. The van der Waals surface area contributed by atoms with E-state index < -0.39 is 40.5 Å². The zero-order valence-electron chi connectivity index (χ0n) is 25.5. The lowest BCUT2D eigenvalue weighted by atomic mass is 9.91. The molecule has 6 rings (SSSR count). The standard InChI is InChI=1S/C33H35N7O6S/c1-2-34-32(43)29-27(41)28(42)33(46-29)40-20-36-26-30(35-18-24(21-12-6-3-7-13-21)22-14-8-4-9-15-22)38-25(39-31(26)40)19-37-47(44,45)23-16-10-5-11-17-23/h3-17,20,24,27-29,33,37,41-42H,2,18-19H2,1H3,(H,34,43)(H,35,38,39)/t27-,28-,29-,33-/m1/s1. The van der Waals surface area contributed by atoms with Gasteiger partial charge in [-0.2, -0.15) is 0 Å². The summed E-state index contributed by atoms with van der Waals surface area (Å²) in [4.78, 5) is 26.4. The molecule has 13 nitrogen and oxygen atoms in total. The molecule has 2 aromatic heterocycles. The largest absolute Gasteiger partial charge is 0.387 e. The minimum Gasteiger partial charge on any atom is -0.387 e. The lowest BCUT2D eigenvalue weighted by Gasteiger charge is -2.20. The zero-order valence-corrected chi connectivity index (χ0v) is 26.3. The Hall–Kier alpha value is -4.73. The van der Waals surface area contributed by atoms with Gasteiger partial charge in [-0.1, -0.05) is 78.9 Å². The van der Waals surface area contributed by atoms with Crippen molar-refractivity contribution in [3.63, 3.8) is 0 Å². The highest BCUT2D eigenvalue weighted by Crippen LogP contribution is 2.33. The molecule has 47 heavy (non-hydrogen) atoms. The number of imidazole rings is 1. The normalized spacial score (nSPS) is 19.7. The first-order chi connectivity index (χ1) is 22.8. The molecule has 244 valence electrons. The van der Waals surface area contributed by atoms with Crippen molar-refractivity contribution in [3.05, 3.63) is 114 Å². The van der Waals surface area contributed by atoms with Gasteiger partial charge in [-0.25, -0.2) is 28.1 Å². The first-order valence-corrected chi connectivity index (χ1v) is 16.7. The van der Waals surface area contributed by atoms with Gasteiger partial charge in [0.25, 0.3) is 5.91 Å². The number of carbonyl (C=O) groups is 1. The highest BCUT2D eigenvalue weighted by atomic mass is 32.2. The highest BCUT2D eigenvalue weighted by Gasteiger charge is 2.47. The van der Waals surface area contributed by atoms with Crippen molar-refractivity contribution < 1.29 is 28.2 Å². The molecule has 1 aliphatic rings. The summed E-state index contributed by atoms with van der Waals surface area (Å²) in [6.45, 7) is 2.20. The molecule has 1 aliphatic heterocycles. The predicted octanol–water partition coefficient (Wildman–Crippen LogP) is 2.30. The smallest absolute Gasteiger partial charge is 0.252 e. The van der Waals surface area contributed by atoms with E-state index in [0.717, 1.165) is 11.1 Å². The topological polar surface area (TPSA) is 181 Å². The summed E-state index contributed by atoms with van der Waals surface area (Å²) in [5.74, 6) is -0.192. The van der Waals surface area contributed by atoms with Crippen molar-refractivity contribution in [1.29, 1.82) is 0 Å². The third-order valence-corrected chi connectivity index (χ3v) is 9.36. The number of ether oxygens (including phenoxy) is 1. The molecule has 14 heteroatoms. The molecule has 0 aliphatic carbocycles. The van der Waals surface area contributed by atoms with E-state index in [9.17, 15) is 23.4 Å². The number of benzene rings is 3. The van der Waals surface area contributed by atoms with Crippen LogP contribution in [0.4, 0.5) is 5.82 Å². The minimum absolute atomic E-state index is 0.0718. The molecule has 3 aromatic carbocycles.